The van der Waals surface area contributed by atoms with Crippen LogP contribution in [0.3, 0.4) is 0 Å². The van der Waals surface area contributed by atoms with Gasteiger partial charge in [-0.25, -0.2) is 18.1 Å². The highest BCUT2D eigenvalue weighted by molar-refractivity contribution is 7.92. The number of rotatable bonds is 7. The number of aromatic nitrogens is 4. The Morgan fingerprint density at radius 3 is 2.60 bits per heavy atom. The van der Waals surface area contributed by atoms with E-state index in [2.05, 4.69) is 14.8 Å². The molecule has 6 rings (SSSR count). The van der Waals surface area contributed by atoms with Crippen molar-refractivity contribution in [2.75, 3.05) is 24.1 Å². The van der Waals surface area contributed by atoms with Crippen LogP contribution in [0.5, 0.6) is 0 Å². The number of likely N-dealkylation sites (tertiary alicyclic amines) is 1. The van der Waals surface area contributed by atoms with Crippen LogP contribution in [0.2, 0.25) is 0 Å². The molecule has 0 radical (unpaired) electrons. The van der Waals surface area contributed by atoms with Gasteiger partial charge < -0.3 is 10.0 Å². The summed E-state index contributed by atoms with van der Waals surface area (Å²) in [6.07, 6.45) is 6.70. The predicted molar refractivity (Wildman–Crippen MR) is 151 cm³/mol. The first-order valence-electron chi connectivity index (χ1n) is 13.2. The van der Waals surface area contributed by atoms with Gasteiger partial charge in [0.2, 0.25) is 15.9 Å². The van der Waals surface area contributed by atoms with E-state index in [1.165, 1.54) is 17.1 Å². The zero-order valence-electron chi connectivity index (χ0n) is 22.0. The largest absolute Gasteiger partial charge is 0.388 e. The molecule has 1 aliphatic heterocycles. The Balaban J connectivity index is 1.26. The van der Waals surface area contributed by atoms with Crippen LogP contribution >= 0.6 is 0 Å². The summed E-state index contributed by atoms with van der Waals surface area (Å²) < 4.78 is 29.2. The Bertz CT molecular complexity index is 1770. The fourth-order valence-corrected chi connectivity index (χ4v) is 5.86. The molecule has 12 heteroatoms. The average molecular weight is 563 g/mol. The number of carbonyl (C=O) groups excluding carboxylic acids is 1. The quantitative estimate of drug-likeness (QED) is 0.353. The van der Waals surface area contributed by atoms with Crippen molar-refractivity contribution in [1.29, 1.82) is 0 Å². The van der Waals surface area contributed by atoms with Gasteiger partial charge in [-0.15, -0.1) is 0 Å². The smallest absolute Gasteiger partial charge is 0.264 e. The summed E-state index contributed by atoms with van der Waals surface area (Å²) in [5.74, 6) is 0.325. The summed E-state index contributed by atoms with van der Waals surface area (Å²) in [6, 6.07) is 14.5. The van der Waals surface area contributed by atoms with E-state index in [9.17, 15) is 23.1 Å². The molecule has 2 N–H and O–H groups in total. The predicted octanol–water partition coefficient (Wildman–Crippen LogP) is 2.38. The number of sulfonamides is 1. The lowest BCUT2D eigenvalue weighted by Crippen LogP contribution is -2.50. The number of aliphatic hydroxyl groups is 1. The minimum atomic E-state index is -3.47. The molecule has 0 spiro atoms. The Morgan fingerprint density at radius 1 is 1.12 bits per heavy atom. The van der Waals surface area contributed by atoms with Crippen LogP contribution in [-0.4, -0.2) is 68.6 Å². The molecular weight excluding hydrogens is 532 g/mol. The molecule has 11 nitrogen and oxygen atoms in total. The van der Waals surface area contributed by atoms with Crippen molar-refractivity contribution in [1.82, 2.24) is 24.2 Å². The molecule has 1 amide bonds. The lowest BCUT2D eigenvalue weighted by molar-refractivity contribution is -0.137. The lowest BCUT2D eigenvalue weighted by Gasteiger charge is -2.38. The van der Waals surface area contributed by atoms with Crippen LogP contribution in [0.1, 0.15) is 25.7 Å². The Morgan fingerprint density at radius 2 is 1.88 bits per heavy atom. The maximum Gasteiger partial charge on any atom is 0.264 e. The Hall–Kier alpha value is -4.03. The van der Waals surface area contributed by atoms with Crippen LogP contribution in [-0.2, 0) is 21.4 Å². The van der Waals surface area contributed by atoms with Gasteiger partial charge in [-0.2, -0.15) is 5.10 Å². The molecule has 208 valence electrons. The van der Waals surface area contributed by atoms with E-state index < -0.39 is 15.6 Å². The van der Waals surface area contributed by atoms with Crippen molar-refractivity contribution < 1.29 is 18.3 Å². The van der Waals surface area contributed by atoms with Crippen molar-refractivity contribution in [3.05, 3.63) is 71.4 Å². The molecule has 3 heterocycles. The first-order valence-corrected chi connectivity index (χ1v) is 15.1. The Labute approximate surface area is 231 Å². The summed E-state index contributed by atoms with van der Waals surface area (Å²) in [5, 5.41) is 15.9. The molecule has 2 aromatic heterocycles. The number of benzene rings is 2. The number of anilines is 1. The lowest BCUT2D eigenvalue weighted by atomic mass is 9.91. The fourth-order valence-electron chi connectivity index (χ4n) is 5.29. The zero-order valence-corrected chi connectivity index (χ0v) is 22.8. The third-order valence-corrected chi connectivity index (χ3v) is 8.17. The standard InChI is InChI=1S/C28H30N6O5S/c1-40(38,39)31-24-8-3-2-7-22(24)20-5-4-6-21(15-20)34-25-23(16-30-34)27(36)33(18-29-25)17-28(37)11-13-32(14-12-28)26(35)19-9-10-19/h2-8,15-16,18-19,31,37H,9-14,17H2,1H3. The molecule has 2 aliphatic rings. The van der Waals surface area contributed by atoms with Gasteiger partial charge in [0.05, 0.1) is 36.0 Å². The van der Waals surface area contributed by atoms with Gasteiger partial charge in [-0.05, 0) is 49.4 Å². The highest BCUT2D eigenvalue weighted by atomic mass is 32.2. The number of hydrogen-bond acceptors (Lipinski definition) is 7. The highest BCUT2D eigenvalue weighted by Gasteiger charge is 2.39. The monoisotopic (exact) mass is 562 g/mol. The summed E-state index contributed by atoms with van der Waals surface area (Å²) in [7, 11) is -3.47. The molecule has 0 atom stereocenters. The molecule has 1 aliphatic carbocycles. The van der Waals surface area contributed by atoms with Crippen molar-refractivity contribution in [3.8, 4) is 16.8 Å². The first-order chi connectivity index (χ1) is 19.1. The second-order valence-corrected chi connectivity index (χ2v) is 12.5. The third-order valence-electron chi connectivity index (χ3n) is 7.58. The van der Waals surface area contributed by atoms with E-state index in [1.807, 2.05) is 41.3 Å². The van der Waals surface area contributed by atoms with Crippen molar-refractivity contribution >= 4 is 32.7 Å². The molecule has 40 heavy (non-hydrogen) atoms. The summed E-state index contributed by atoms with van der Waals surface area (Å²) in [6.45, 7) is 1.05. The van der Waals surface area contributed by atoms with Crippen LogP contribution in [0.25, 0.3) is 27.8 Å². The molecule has 2 fully saturated rings. The highest BCUT2D eigenvalue weighted by Crippen LogP contribution is 2.34. The molecule has 1 saturated carbocycles. The van der Waals surface area contributed by atoms with Crippen LogP contribution < -0.4 is 10.3 Å². The van der Waals surface area contributed by atoms with Crippen molar-refractivity contribution in [2.24, 2.45) is 5.92 Å². The average Bonchev–Trinajstić information content (AvgIpc) is 3.68. The number of para-hydroxylation sites is 1. The van der Waals surface area contributed by atoms with Gasteiger partial charge in [-0.1, -0.05) is 30.3 Å². The van der Waals surface area contributed by atoms with E-state index in [0.29, 0.717) is 53.9 Å². The second kappa shape index (κ2) is 9.86. The van der Waals surface area contributed by atoms with Crippen LogP contribution in [0.15, 0.2) is 65.8 Å². The molecule has 4 aromatic rings. The van der Waals surface area contributed by atoms with E-state index in [-0.39, 0.29) is 23.9 Å². The number of amides is 1. The number of nitrogens with zero attached hydrogens (tertiary/aromatic N) is 5. The van der Waals surface area contributed by atoms with Gasteiger partial charge >= 0.3 is 0 Å². The van der Waals surface area contributed by atoms with Gasteiger partial charge in [0, 0.05) is 24.6 Å². The molecular formula is C28H30N6O5S. The zero-order chi connectivity index (χ0) is 28.1. The maximum atomic E-state index is 13.4. The number of nitrogens with one attached hydrogen (secondary N) is 1. The van der Waals surface area contributed by atoms with Gasteiger partial charge in [-0.3, -0.25) is 18.9 Å². The number of piperidine rings is 1. The van der Waals surface area contributed by atoms with Crippen molar-refractivity contribution in [3.63, 3.8) is 0 Å². The van der Waals surface area contributed by atoms with Crippen molar-refractivity contribution in [2.45, 2.75) is 37.8 Å². The molecule has 1 saturated heterocycles. The summed E-state index contributed by atoms with van der Waals surface area (Å²) >= 11 is 0. The fraction of sp³-hybridized carbons (Fsp3) is 0.357. The second-order valence-electron chi connectivity index (χ2n) is 10.8. The SMILES string of the molecule is CS(=O)(=O)Nc1ccccc1-c1cccc(-n2ncc3c(=O)n(CC4(O)CCN(C(=O)C5CC5)CC4)cnc32)c1. The van der Waals surface area contributed by atoms with E-state index in [1.54, 1.807) is 16.8 Å². The number of hydrogen-bond donors (Lipinski definition) is 2. The van der Waals surface area contributed by atoms with Crippen LogP contribution in [0, 0.1) is 5.92 Å². The number of carbonyl (C=O) groups is 1. The van der Waals surface area contributed by atoms with E-state index >= 15 is 0 Å². The first kappa shape index (κ1) is 26.2. The molecule has 2 aromatic carbocycles. The van der Waals surface area contributed by atoms with Gasteiger partial charge in [0.1, 0.15) is 11.7 Å². The normalized spacial score (nSPS) is 17.2. The molecule has 0 unspecified atom stereocenters. The third kappa shape index (κ3) is 5.24. The maximum absolute atomic E-state index is 13.4. The summed E-state index contributed by atoms with van der Waals surface area (Å²) in [5.41, 5.74) is 1.52. The van der Waals surface area contributed by atoms with Gasteiger partial charge in [0.15, 0.2) is 5.65 Å². The van der Waals surface area contributed by atoms with Crippen LogP contribution in [0.4, 0.5) is 5.69 Å². The van der Waals surface area contributed by atoms with Gasteiger partial charge in [0.25, 0.3) is 5.56 Å². The summed E-state index contributed by atoms with van der Waals surface area (Å²) in [4.78, 5) is 32.1. The Kier molecular flexibility index (Phi) is 6.46. The van der Waals surface area contributed by atoms with E-state index in [0.717, 1.165) is 24.7 Å². The molecule has 0 bridgehead atoms. The minimum absolute atomic E-state index is 0.0883. The van der Waals surface area contributed by atoms with E-state index in [4.69, 9.17) is 0 Å². The minimum Gasteiger partial charge on any atom is -0.388 e. The number of fused-ring (bicyclic) bond motifs is 1. The topological polar surface area (TPSA) is 139 Å².